The lowest BCUT2D eigenvalue weighted by atomic mass is 10.0. The number of carbonyl (C=O) groups excluding carboxylic acids is 3. The first-order valence-corrected chi connectivity index (χ1v) is 7.98. The normalized spacial score (nSPS) is 9.42. The van der Waals surface area contributed by atoms with Crippen molar-refractivity contribution in [2.45, 2.75) is 6.92 Å². The van der Waals surface area contributed by atoms with E-state index in [1.165, 1.54) is 0 Å². The van der Waals surface area contributed by atoms with Crippen molar-refractivity contribution in [3.8, 4) is 0 Å². The molecule has 4 heteroatoms. The molecule has 0 aromatic heterocycles. The van der Waals surface area contributed by atoms with Gasteiger partial charge in [0.1, 0.15) is 0 Å². The lowest BCUT2D eigenvalue weighted by molar-refractivity contribution is -0.123. The molecule has 0 aliphatic heterocycles. The third-order valence-corrected chi connectivity index (χ3v) is 3.59. The van der Waals surface area contributed by atoms with E-state index in [4.69, 9.17) is 0 Å². The SMILES string of the molecule is Cc1ccccc1C(=O)OC=O.O=C(c1ccccc1)c1ccccc1. The summed E-state index contributed by atoms with van der Waals surface area (Å²) in [5.41, 5.74) is 2.69. The van der Waals surface area contributed by atoms with Crippen LogP contribution >= 0.6 is 0 Å². The molecule has 3 aromatic carbocycles. The first-order valence-electron chi connectivity index (χ1n) is 7.98. The van der Waals surface area contributed by atoms with E-state index >= 15 is 0 Å². The van der Waals surface area contributed by atoms with Crippen molar-refractivity contribution in [3.05, 3.63) is 107 Å². The van der Waals surface area contributed by atoms with E-state index in [2.05, 4.69) is 4.74 Å². The second-order valence-corrected chi connectivity index (χ2v) is 5.38. The molecule has 130 valence electrons. The Kier molecular flexibility index (Phi) is 7.01. The number of ketones is 1. The van der Waals surface area contributed by atoms with E-state index < -0.39 is 5.97 Å². The average Bonchev–Trinajstić information content (AvgIpc) is 2.70. The van der Waals surface area contributed by atoms with Crippen LogP contribution in [0.3, 0.4) is 0 Å². The standard InChI is InChI=1S/C13H10O.C9H8O3/c14-13(11-7-3-1-4-8-11)12-9-5-2-6-10-12;1-7-4-2-3-5-8(7)9(11)12-6-10/h1-10H;2-6H,1H3. The molecule has 0 radical (unpaired) electrons. The number of carbonyl (C=O) groups is 3. The molecule has 0 saturated carbocycles. The minimum Gasteiger partial charge on any atom is -0.392 e. The van der Waals surface area contributed by atoms with Crippen molar-refractivity contribution < 1.29 is 19.1 Å². The summed E-state index contributed by atoms with van der Waals surface area (Å²) in [6.07, 6.45) is 0. The van der Waals surface area contributed by atoms with Gasteiger partial charge in [-0.3, -0.25) is 9.59 Å². The van der Waals surface area contributed by atoms with E-state index in [0.29, 0.717) is 5.56 Å². The summed E-state index contributed by atoms with van der Waals surface area (Å²) in [6, 6.07) is 25.5. The second-order valence-electron chi connectivity index (χ2n) is 5.38. The zero-order valence-corrected chi connectivity index (χ0v) is 14.3. The number of rotatable bonds is 4. The molecule has 3 aromatic rings. The fourth-order valence-corrected chi connectivity index (χ4v) is 2.25. The molecular formula is C22H18O4. The third kappa shape index (κ3) is 5.24. The molecule has 4 nitrogen and oxygen atoms in total. The zero-order valence-electron chi connectivity index (χ0n) is 14.3. The molecule has 26 heavy (non-hydrogen) atoms. The molecule has 3 rings (SSSR count). The molecule has 0 fully saturated rings. The molecule has 0 aliphatic carbocycles. The quantitative estimate of drug-likeness (QED) is 0.307. The highest BCUT2D eigenvalue weighted by Gasteiger charge is 2.08. The lowest BCUT2D eigenvalue weighted by Gasteiger charge is -2.00. The van der Waals surface area contributed by atoms with Crippen molar-refractivity contribution in [1.82, 2.24) is 0 Å². The molecule has 0 atom stereocenters. The molecular weight excluding hydrogens is 328 g/mol. The van der Waals surface area contributed by atoms with Crippen molar-refractivity contribution in [3.63, 3.8) is 0 Å². The zero-order chi connectivity index (χ0) is 18.8. The first kappa shape index (κ1) is 18.8. The van der Waals surface area contributed by atoms with E-state index in [9.17, 15) is 14.4 Å². The summed E-state index contributed by atoms with van der Waals surface area (Å²) in [5.74, 6) is -0.533. The van der Waals surface area contributed by atoms with E-state index in [1.54, 1.807) is 25.1 Å². The van der Waals surface area contributed by atoms with Gasteiger partial charge >= 0.3 is 12.4 Å². The predicted molar refractivity (Wildman–Crippen MR) is 99.0 cm³/mol. The van der Waals surface area contributed by atoms with Gasteiger partial charge in [0.25, 0.3) is 0 Å². The van der Waals surface area contributed by atoms with Gasteiger partial charge in [-0.1, -0.05) is 78.9 Å². The summed E-state index contributed by atoms with van der Waals surface area (Å²) in [7, 11) is 0. The van der Waals surface area contributed by atoms with Gasteiger partial charge in [-0.05, 0) is 18.6 Å². The van der Waals surface area contributed by atoms with Gasteiger partial charge in [-0.25, -0.2) is 4.79 Å². The maximum atomic E-state index is 11.8. The van der Waals surface area contributed by atoms with Crippen molar-refractivity contribution >= 4 is 18.2 Å². The molecule has 0 unspecified atom stereocenters. The highest BCUT2D eigenvalue weighted by atomic mass is 16.6. The Bertz CT molecular complexity index is 829. The van der Waals surface area contributed by atoms with Crippen LogP contribution in [0.4, 0.5) is 0 Å². The Morgan fingerprint density at radius 1 is 0.731 bits per heavy atom. The number of hydrogen-bond donors (Lipinski definition) is 0. The van der Waals surface area contributed by atoms with Gasteiger partial charge < -0.3 is 4.74 Å². The van der Waals surface area contributed by atoms with Crippen LogP contribution in [0.1, 0.15) is 31.8 Å². The van der Waals surface area contributed by atoms with E-state index in [1.807, 2.05) is 66.7 Å². The minimum absolute atomic E-state index is 0.0752. The highest BCUT2D eigenvalue weighted by Crippen LogP contribution is 2.09. The maximum absolute atomic E-state index is 11.8. The molecule has 0 saturated heterocycles. The van der Waals surface area contributed by atoms with Crippen molar-refractivity contribution in [2.24, 2.45) is 0 Å². The van der Waals surface area contributed by atoms with Crippen LogP contribution in [0.25, 0.3) is 0 Å². The van der Waals surface area contributed by atoms with E-state index in [0.717, 1.165) is 16.7 Å². The van der Waals surface area contributed by atoms with E-state index in [-0.39, 0.29) is 12.3 Å². The minimum atomic E-state index is -0.608. The molecule has 0 spiro atoms. The van der Waals surface area contributed by atoms with Crippen LogP contribution in [0.2, 0.25) is 0 Å². The van der Waals surface area contributed by atoms with Crippen LogP contribution in [0, 0.1) is 6.92 Å². The van der Waals surface area contributed by atoms with Gasteiger partial charge in [0.05, 0.1) is 5.56 Å². The number of hydrogen-bond acceptors (Lipinski definition) is 4. The molecule has 0 aliphatic rings. The summed E-state index contributed by atoms with van der Waals surface area (Å²) in [6.45, 7) is 1.91. The summed E-state index contributed by atoms with van der Waals surface area (Å²) < 4.78 is 4.19. The van der Waals surface area contributed by atoms with Gasteiger partial charge in [0.2, 0.25) is 0 Å². The summed E-state index contributed by atoms with van der Waals surface area (Å²) in [5, 5.41) is 0. The molecule has 0 amide bonds. The van der Waals surface area contributed by atoms with Gasteiger partial charge in [-0.2, -0.15) is 0 Å². The fourth-order valence-electron chi connectivity index (χ4n) is 2.25. The van der Waals surface area contributed by atoms with Crippen LogP contribution in [0.15, 0.2) is 84.9 Å². The van der Waals surface area contributed by atoms with Crippen LogP contribution in [0.5, 0.6) is 0 Å². The van der Waals surface area contributed by atoms with Gasteiger partial charge in [-0.15, -0.1) is 0 Å². The van der Waals surface area contributed by atoms with Crippen molar-refractivity contribution in [2.75, 3.05) is 0 Å². The van der Waals surface area contributed by atoms with Gasteiger partial charge in [0, 0.05) is 11.1 Å². The number of esters is 1. The topological polar surface area (TPSA) is 60.4 Å². The summed E-state index contributed by atoms with van der Waals surface area (Å²) >= 11 is 0. The Labute approximate surface area is 152 Å². The van der Waals surface area contributed by atoms with Crippen LogP contribution in [-0.4, -0.2) is 18.2 Å². The Morgan fingerprint density at radius 2 is 1.19 bits per heavy atom. The Hall–Kier alpha value is -3.53. The largest absolute Gasteiger partial charge is 0.392 e. The number of ether oxygens (including phenoxy) is 1. The van der Waals surface area contributed by atoms with Crippen molar-refractivity contribution in [1.29, 1.82) is 0 Å². The highest BCUT2D eigenvalue weighted by molar-refractivity contribution is 6.08. The Morgan fingerprint density at radius 3 is 1.65 bits per heavy atom. The monoisotopic (exact) mass is 346 g/mol. The third-order valence-electron chi connectivity index (χ3n) is 3.59. The average molecular weight is 346 g/mol. The Balaban J connectivity index is 0.000000190. The van der Waals surface area contributed by atoms with Gasteiger partial charge in [0.15, 0.2) is 5.78 Å². The lowest BCUT2D eigenvalue weighted by Crippen LogP contribution is -2.04. The van der Waals surface area contributed by atoms with Crippen LogP contribution in [-0.2, 0) is 9.53 Å². The second kappa shape index (κ2) is 9.69. The first-order chi connectivity index (χ1) is 12.6. The maximum Gasteiger partial charge on any atom is 0.345 e. The molecule has 0 heterocycles. The smallest absolute Gasteiger partial charge is 0.345 e. The number of benzene rings is 3. The van der Waals surface area contributed by atoms with Crippen LogP contribution < -0.4 is 0 Å². The number of aryl methyl sites for hydroxylation is 1. The summed E-state index contributed by atoms with van der Waals surface area (Å²) in [4.78, 5) is 32.7. The fraction of sp³-hybridized carbons (Fsp3) is 0.0455. The predicted octanol–water partition coefficient (Wildman–Crippen LogP) is 4.23. The molecule has 0 bridgehead atoms. The molecule has 0 N–H and O–H groups in total.